The second-order valence-electron chi connectivity index (χ2n) is 11.7. The Morgan fingerprint density at radius 2 is 1.84 bits per heavy atom. The maximum absolute atomic E-state index is 14.5. The Hall–Kier alpha value is -4.20. The van der Waals surface area contributed by atoms with Crippen LogP contribution in [0.4, 0.5) is 23.2 Å². The van der Waals surface area contributed by atoms with E-state index < -0.39 is 54.6 Å². The van der Waals surface area contributed by atoms with E-state index in [1.165, 1.54) is 37.9 Å². The highest BCUT2D eigenvalue weighted by Crippen LogP contribution is 2.44. The Morgan fingerprint density at radius 1 is 1.11 bits per heavy atom. The van der Waals surface area contributed by atoms with Crippen LogP contribution >= 0.6 is 0 Å². The Morgan fingerprint density at radius 3 is 2.51 bits per heavy atom. The van der Waals surface area contributed by atoms with E-state index in [0.29, 0.717) is 27.8 Å². The minimum Gasteiger partial charge on any atom is -0.496 e. The van der Waals surface area contributed by atoms with Crippen molar-refractivity contribution in [3.05, 3.63) is 83.3 Å². The van der Waals surface area contributed by atoms with Crippen LogP contribution in [0.5, 0.6) is 5.75 Å². The summed E-state index contributed by atoms with van der Waals surface area (Å²) in [4.78, 5) is 12.6. The number of carbonyl (C=O) groups is 1. The number of amides is 1. The van der Waals surface area contributed by atoms with Gasteiger partial charge in [0.15, 0.2) is 5.60 Å². The molecular formula is C32H36F4N4O5. The molecular weight excluding hydrogens is 596 g/mol. The Balaban J connectivity index is 1.64. The molecule has 1 unspecified atom stereocenters. The summed E-state index contributed by atoms with van der Waals surface area (Å²) in [6.07, 6.45) is -5.48. The zero-order valence-corrected chi connectivity index (χ0v) is 25.2. The van der Waals surface area contributed by atoms with Gasteiger partial charge in [-0.3, -0.25) is 4.79 Å². The molecule has 0 saturated heterocycles. The number of hydrogen-bond acceptors (Lipinski definition) is 7. The number of rotatable bonds is 12. The number of alkyl halides is 3. The molecule has 3 aromatic carbocycles. The Bertz CT molecular complexity index is 1670. The van der Waals surface area contributed by atoms with Crippen LogP contribution in [0.3, 0.4) is 0 Å². The molecule has 1 aromatic heterocycles. The van der Waals surface area contributed by atoms with Crippen molar-refractivity contribution in [3.63, 3.8) is 0 Å². The quantitative estimate of drug-likeness (QED) is 0.144. The fraction of sp³-hybridized carbons (Fsp3) is 0.375. The van der Waals surface area contributed by atoms with E-state index in [9.17, 15) is 32.6 Å². The summed E-state index contributed by atoms with van der Waals surface area (Å²) in [5.74, 6) is -0.918. The van der Waals surface area contributed by atoms with Gasteiger partial charge in [-0.05, 0) is 72.9 Å². The van der Waals surface area contributed by atoms with E-state index in [2.05, 4.69) is 15.7 Å². The van der Waals surface area contributed by atoms with Gasteiger partial charge in [0.2, 0.25) is 0 Å². The first-order chi connectivity index (χ1) is 21.1. The van der Waals surface area contributed by atoms with Crippen molar-refractivity contribution in [3.8, 4) is 11.4 Å². The van der Waals surface area contributed by atoms with E-state index in [-0.39, 0.29) is 23.4 Å². The number of methoxy groups -OCH3 is 1. The molecule has 13 heteroatoms. The highest BCUT2D eigenvalue weighted by Gasteiger charge is 2.56. The topological polar surface area (TPSA) is 129 Å². The SMILES string of the molecule is COc1ccc(F)cc1C(C)(C)CC(O)(CNc1cc(C)cc2c1cnn2-c1cccc(C(=O)NC[C@H](O)CO)c1)C(F)(F)F. The number of nitrogens with zero attached hydrogens (tertiary/aromatic N) is 2. The Kier molecular flexibility index (Phi) is 9.76. The van der Waals surface area contributed by atoms with Gasteiger partial charge in [0.25, 0.3) is 5.91 Å². The average Bonchev–Trinajstić information content (AvgIpc) is 3.41. The van der Waals surface area contributed by atoms with Gasteiger partial charge in [-0.15, -0.1) is 0 Å². The number of fused-ring (bicyclic) bond motifs is 1. The molecule has 45 heavy (non-hydrogen) atoms. The first kappa shape index (κ1) is 33.7. The molecule has 9 nitrogen and oxygen atoms in total. The first-order valence-electron chi connectivity index (χ1n) is 14.1. The molecule has 1 amide bonds. The van der Waals surface area contributed by atoms with Crippen LogP contribution in [0.25, 0.3) is 16.6 Å². The third-order valence-electron chi connectivity index (χ3n) is 7.62. The number of anilines is 1. The van der Waals surface area contributed by atoms with Crippen LogP contribution in [0.1, 0.15) is 41.8 Å². The highest BCUT2D eigenvalue weighted by molar-refractivity contribution is 5.96. The maximum Gasteiger partial charge on any atom is 0.418 e. The van der Waals surface area contributed by atoms with Crippen molar-refractivity contribution in [1.82, 2.24) is 15.1 Å². The van der Waals surface area contributed by atoms with Gasteiger partial charge < -0.3 is 30.7 Å². The van der Waals surface area contributed by atoms with Crippen molar-refractivity contribution in [2.75, 3.05) is 32.1 Å². The molecule has 0 radical (unpaired) electrons. The lowest BCUT2D eigenvalue weighted by Gasteiger charge is -2.38. The number of hydrogen-bond donors (Lipinski definition) is 5. The summed E-state index contributed by atoms with van der Waals surface area (Å²) >= 11 is 0. The minimum absolute atomic E-state index is 0.143. The zero-order valence-electron chi connectivity index (χ0n) is 25.2. The molecule has 242 valence electrons. The number of aliphatic hydroxyl groups excluding tert-OH is 2. The first-order valence-corrected chi connectivity index (χ1v) is 14.1. The largest absolute Gasteiger partial charge is 0.496 e. The van der Waals surface area contributed by atoms with Crippen LogP contribution in [0, 0.1) is 12.7 Å². The molecule has 0 aliphatic heterocycles. The van der Waals surface area contributed by atoms with Gasteiger partial charge in [-0.25, -0.2) is 9.07 Å². The molecule has 5 N–H and O–H groups in total. The van der Waals surface area contributed by atoms with E-state index in [0.717, 1.165) is 12.1 Å². The monoisotopic (exact) mass is 632 g/mol. The molecule has 1 heterocycles. The van der Waals surface area contributed by atoms with Gasteiger partial charge in [-0.1, -0.05) is 19.9 Å². The predicted molar refractivity (Wildman–Crippen MR) is 161 cm³/mol. The van der Waals surface area contributed by atoms with Gasteiger partial charge in [0.1, 0.15) is 11.6 Å². The number of benzene rings is 3. The fourth-order valence-corrected chi connectivity index (χ4v) is 5.31. The molecule has 0 fully saturated rings. The smallest absolute Gasteiger partial charge is 0.418 e. The third kappa shape index (κ3) is 7.38. The number of aliphatic hydroxyl groups is 3. The zero-order chi connectivity index (χ0) is 33.2. The van der Waals surface area contributed by atoms with Crippen LogP contribution < -0.4 is 15.4 Å². The molecule has 0 spiro atoms. The molecule has 0 bridgehead atoms. The predicted octanol–water partition coefficient (Wildman–Crippen LogP) is 4.64. The standard InChI is InChI=1S/C32H36F4N4O5/c1-19-10-26(38-18-31(44,32(34,35)36)17-30(2,3)25-13-21(33)8-9-28(25)45-4)24-15-39-40(27(24)11-19)22-7-5-6-20(12-22)29(43)37-14-23(42)16-41/h5-13,15,23,38,41-42,44H,14,16-18H2,1-4H3,(H,37,43)/t23-,31?/m0/s1. The summed E-state index contributed by atoms with van der Waals surface area (Å²) in [5, 5.41) is 39.8. The van der Waals surface area contributed by atoms with Crippen molar-refractivity contribution in [1.29, 1.82) is 0 Å². The lowest BCUT2D eigenvalue weighted by Crippen LogP contribution is -2.53. The summed E-state index contributed by atoms with van der Waals surface area (Å²) < 4.78 is 64.4. The molecule has 0 aliphatic rings. The highest BCUT2D eigenvalue weighted by atomic mass is 19.4. The molecule has 0 saturated carbocycles. The number of halogens is 4. The van der Waals surface area contributed by atoms with Crippen LogP contribution in [-0.2, 0) is 5.41 Å². The van der Waals surface area contributed by atoms with Crippen LogP contribution in [0.2, 0.25) is 0 Å². The summed E-state index contributed by atoms with van der Waals surface area (Å²) in [5.41, 5.74) is -2.09. The average molecular weight is 633 g/mol. The van der Waals surface area contributed by atoms with Gasteiger partial charge in [0, 0.05) is 28.7 Å². The molecule has 4 aromatic rings. The third-order valence-corrected chi connectivity index (χ3v) is 7.62. The van der Waals surface area contributed by atoms with E-state index >= 15 is 0 Å². The van der Waals surface area contributed by atoms with E-state index in [4.69, 9.17) is 9.84 Å². The lowest BCUT2D eigenvalue weighted by atomic mass is 9.74. The van der Waals surface area contributed by atoms with Crippen molar-refractivity contribution in [2.45, 2.75) is 50.5 Å². The lowest BCUT2D eigenvalue weighted by molar-refractivity contribution is -0.260. The number of nitrogens with one attached hydrogen (secondary N) is 2. The second kappa shape index (κ2) is 13.0. The number of aryl methyl sites for hydroxylation is 1. The molecule has 0 aliphatic carbocycles. The van der Waals surface area contributed by atoms with Gasteiger partial charge >= 0.3 is 6.18 Å². The van der Waals surface area contributed by atoms with Gasteiger partial charge in [0.05, 0.1) is 43.8 Å². The normalized spacial score (nSPS) is 14.2. The molecule has 4 rings (SSSR count). The van der Waals surface area contributed by atoms with Crippen molar-refractivity contribution < 1.29 is 42.4 Å². The summed E-state index contributed by atoms with van der Waals surface area (Å²) in [7, 11) is 1.34. The van der Waals surface area contributed by atoms with Gasteiger partial charge in [-0.2, -0.15) is 18.3 Å². The summed E-state index contributed by atoms with van der Waals surface area (Å²) in [6, 6.07) is 13.5. The van der Waals surface area contributed by atoms with Crippen molar-refractivity contribution >= 4 is 22.5 Å². The summed E-state index contributed by atoms with van der Waals surface area (Å²) in [6.45, 7) is 3.17. The number of ether oxygens (including phenoxy) is 1. The Labute approximate surface area is 257 Å². The van der Waals surface area contributed by atoms with Crippen LogP contribution in [-0.4, -0.2) is 75.7 Å². The van der Waals surface area contributed by atoms with E-state index in [1.54, 1.807) is 43.3 Å². The van der Waals surface area contributed by atoms with E-state index in [1.807, 2.05) is 0 Å². The second-order valence-corrected chi connectivity index (χ2v) is 11.7. The number of aromatic nitrogens is 2. The van der Waals surface area contributed by atoms with Crippen LogP contribution in [0.15, 0.2) is 60.8 Å². The van der Waals surface area contributed by atoms with Crippen molar-refractivity contribution in [2.24, 2.45) is 0 Å². The number of carbonyl (C=O) groups excluding carboxylic acids is 1. The maximum atomic E-state index is 14.5. The fourth-order valence-electron chi connectivity index (χ4n) is 5.31. The molecule has 2 atom stereocenters. The minimum atomic E-state index is -5.04.